The highest BCUT2D eigenvalue weighted by Gasteiger charge is 2.48. The summed E-state index contributed by atoms with van der Waals surface area (Å²) in [6, 6.07) is 13.5. The number of ketones is 1. The molecule has 6 rings (SSSR count). The van der Waals surface area contributed by atoms with Crippen molar-refractivity contribution in [3.8, 4) is 0 Å². The number of rotatable bonds is 3. The predicted molar refractivity (Wildman–Crippen MR) is 150 cm³/mol. The lowest BCUT2D eigenvalue weighted by atomic mass is 9.96. The Morgan fingerprint density at radius 3 is 2.53 bits per heavy atom. The first-order valence-corrected chi connectivity index (χ1v) is 13.3. The van der Waals surface area contributed by atoms with Crippen molar-refractivity contribution in [1.29, 1.82) is 0 Å². The summed E-state index contributed by atoms with van der Waals surface area (Å²) in [5.74, 6) is -1.99. The smallest absolute Gasteiger partial charge is 0.301 e. The molecule has 3 aromatic heterocycles. The first-order chi connectivity index (χ1) is 18.2. The van der Waals surface area contributed by atoms with Gasteiger partial charge in [-0.3, -0.25) is 14.5 Å². The molecule has 0 spiro atoms. The second kappa shape index (κ2) is 8.94. The van der Waals surface area contributed by atoms with E-state index in [1.54, 1.807) is 25.1 Å². The maximum atomic E-state index is 13.6. The van der Waals surface area contributed by atoms with Crippen molar-refractivity contribution in [1.82, 2.24) is 14.4 Å². The number of carbonyl (C=O) groups excluding carboxylic acids is 2. The van der Waals surface area contributed by atoms with Crippen molar-refractivity contribution in [2.45, 2.75) is 26.8 Å². The molecular weight excluding hydrogens is 543 g/mol. The quantitative estimate of drug-likeness (QED) is 0.148. The summed E-state index contributed by atoms with van der Waals surface area (Å²) in [6.07, 6.45) is 1.83. The van der Waals surface area contributed by atoms with E-state index in [2.05, 4.69) is 9.97 Å². The third-order valence-corrected chi connectivity index (χ3v) is 8.51. The highest BCUT2D eigenvalue weighted by atomic mass is 35.5. The van der Waals surface area contributed by atoms with Gasteiger partial charge in [0.15, 0.2) is 10.9 Å². The molecule has 38 heavy (non-hydrogen) atoms. The zero-order valence-corrected chi connectivity index (χ0v) is 22.8. The number of aliphatic hydroxyl groups excluding tert-OH is 1. The molecule has 0 aliphatic carbocycles. The van der Waals surface area contributed by atoms with Crippen molar-refractivity contribution in [2.75, 3.05) is 4.90 Å². The van der Waals surface area contributed by atoms with Crippen molar-refractivity contribution in [3.63, 3.8) is 0 Å². The monoisotopic (exact) mass is 562 g/mol. The summed E-state index contributed by atoms with van der Waals surface area (Å²) in [6.45, 7) is 5.68. The maximum absolute atomic E-state index is 13.6. The molecule has 1 aliphatic rings. The Morgan fingerprint density at radius 2 is 1.79 bits per heavy atom. The van der Waals surface area contributed by atoms with Crippen LogP contribution in [0.2, 0.25) is 10.0 Å². The molecule has 5 aromatic rings. The number of fused-ring (bicyclic) bond motifs is 2. The second-order valence-corrected chi connectivity index (χ2v) is 11.1. The Hall–Kier alpha value is -3.72. The highest BCUT2D eigenvalue weighted by molar-refractivity contribution is 7.22. The topological polar surface area (TPSA) is 87.8 Å². The molecule has 1 amide bonds. The van der Waals surface area contributed by atoms with Crippen LogP contribution < -0.4 is 4.90 Å². The molecule has 1 atom stereocenters. The van der Waals surface area contributed by atoms with Gasteiger partial charge < -0.3 is 9.51 Å². The van der Waals surface area contributed by atoms with E-state index in [0.717, 1.165) is 15.8 Å². The predicted octanol–water partition coefficient (Wildman–Crippen LogP) is 6.80. The maximum Gasteiger partial charge on any atom is 0.301 e. The summed E-state index contributed by atoms with van der Waals surface area (Å²) < 4.78 is 2.71. The van der Waals surface area contributed by atoms with Crippen molar-refractivity contribution < 1.29 is 14.7 Å². The third kappa shape index (κ3) is 3.71. The number of amides is 1. The van der Waals surface area contributed by atoms with E-state index < -0.39 is 17.7 Å². The van der Waals surface area contributed by atoms with Gasteiger partial charge in [0, 0.05) is 6.20 Å². The second-order valence-electron chi connectivity index (χ2n) is 9.24. The van der Waals surface area contributed by atoms with Gasteiger partial charge >= 0.3 is 5.91 Å². The van der Waals surface area contributed by atoms with Crippen molar-refractivity contribution in [2.24, 2.45) is 0 Å². The van der Waals surface area contributed by atoms with Gasteiger partial charge in [0.05, 0.1) is 37.6 Å². The number of aromatic nitrogens is 3. The fraction of sp³-hybridized carbons (Fsp3) is 0.143. The molecule has 2 aromatic carbocycles. The number of pyridine rings is 1. The van der Waals surface area contributed by atoms with E-state index in [-0.39, 0.29) is 22.0 Å². The number of thiazole rings is 1. The minimum Gasteiger partial charge on any atom is -0.505 e. The molecule has 0 bridgehead atoms. The molecular formula is C28H20Cl2N4O3S. The lowest BCUT2D eigenvalue weighted by Crippen LogP contribution is -2.29. The Kier molecular flexibility index (Phi) is 5.79. The van der Waals surface area contributed by atoms with E-state index in [4.69, 9.17) is 23.2 Å². The summed E-state index contributed by atoms with van der Waals surface area (Å²) >= 11 is 13.8. The van der Waals surface area contributed by atoms with Crippen LogP contribution >= 0.6 is 34.5 Å². The molecule has 0 radical (unpaired) electrons. The van der Waals surface area contributed by atoms with Crippen LogP contribution in [-0.2, 0) is 9.59 Å². The van der Waals surface area contributed by atoms with Crippen LogP contribution in [0.1, 0.15) is 34.1 Å². The highest BCUT2D eigenvalue weighted by Crippen LogP contribution is 2.45. The Morgan fingerprint density at radius 1 is 1.00 bits per heavy atom. The van der Waals surface area contributed by atoms with Gasteiger partial charge in [0.2, 0.25) is 0 Å². The zero-order valence-electron chi connectivity index (χ0n) is 20.5. The molecule has 4 heterocycles. The summed E-state index contributed by atoms with van der Waals surface area (Å²) in [5, 5.41) is 12.5. The van der Waals surface area contributed by atoms with Gasteiger partial charge in [0.25, 0.3) is 5.78 Å². The first-order valence-electron chi connectivity index (χ1n) is 11.7. The number of anilines is 1. The number of aryl methyl sites for hydroxylation is 3. The van der Waals surface area contributed by atoms with Crippen LogP contribution in [-0.4, -0.2) is 31.2 Å². The molecule has 1 unspecified atom stereocenters. The van der Waals surface area contributed by atoms with Gasteiger partial charge in [0.1, 0.15) is 11.3 Å². The molecule has 10 heteroatoms. The lowest BCUT2D eigenvalue weighted by molar-refractivity contribution is -0.132. The minimum atomic E-state index is -0.989. The Bertz CT molecular complexity index is 1860. The largest absolute Gasteiger partial charge is 0.505 e. The molecule has 7 nitrogen and oxygen atoms in total. The number of aliphatic hydroxyl groups is 1. The number of benzene rings is 2. The van der Waals surface area contributed by atoms with Crippen LogP contribution in [0.4, 0.5) is 5.13 Å². The number of halogens is 2. The van der Waals surface area contributed by atoms with Crippen LogP contribution in [0.5, 0.6) is 0 Å². The van der Waals surface area contributed by atoms with Crippen LogP contribution in [0, 0.1) is 20.8 Å². The fourth-order valence-corrected chi connectivity index (χ4v) is 6.22. The Balaban J connectivity index is 1.61. The molecule has 1 N–H and O–H groups in total. The van der Waals surface area contributed by atoms with Gasteiger partial charge in [-0.05, 0) is 67.8 Å². The minimum absolute atomic E-state index is 0.0898. The summed E-state index contributed by atoms with van der Waals surface area (Å²) in [4.78, 5) is 37.7. The van der Waals surface area contributed by atoms with Crippen molar-refractivity contribution >= 4 is 73.0 Å². The van der Waals surface area contributed by atoms with Crippen LogP contribution in [0.3, 0.4) is 0 Å². The Labute approximate surface area is 231 Å². The van der Waals surface area contributed by atoms with E-state index in [1.165, 1.54) is 16.2 Å². The fourth-order valence-electron chi connectivity index (χ4n) is 4.82. The first kappa shape index (κ1) is 24.6. The number of nitrogens with zero attached hydrogens (tertiary/aromatic N) is 4. The molecule has 1 saturated heterocycles. The van der Waals surface area contributed by atoms with Gasteiger partial charge in [-0.1, -0.05) is 52.7 Å². The van der Waals surface area contributed by atoms with Crippen molar-refractivity contribution in [3.05, 3.63) is 98.4 Å². The van der Waals surface area contributed by atoms with Gasteiger partial charge in [-0.15, -0.1) is 0 Å². The molecule has 0 saturated carbocycles. The number of hydrogen-bond acceptors (Lipinski definition) is 6. The van der Waals surface area contributed by atoms with E-state index in [0.29, 0.717) is 32.6 Å². The van der Waals surface area contributed by atoms with Gasteiger partial charge in [-0.25, -0.2) is 9.97 Å². The van der Waals surface area contributed by atoms with Crippen LogP contribution in [0.25, 0.3) is 21.6 Å². The number of imidazole rings is 1. The molecule has 1 fully saturated rings. The number of hydrogen-bond donors (Lipinski definition) is 1. The normalized spacial score (nSPS) is 17.3. The summed E-state index contributed by atoms with van der Waals surface area (Å²) in [7, 11) is 0. The van der Waals surface area contributed by atoms with Crippen LogP contribution in [0.15, 0.2) is 60.3 Å². The SMILES string of the molecule is Cc1ccc2nc(N3C(=O)C(=O)/C(=C(/O)c4nc5c(C)cccn5c4C)C3c3ccc(Cl)c(Cl)c3)sc2c1. The standard InChI is InChI=1S/C28H20Cl2N4O3S/c1-13-6-9-19-20(11-13)38-28(31-19)34-23(16-7-8-17(29)18(30)12-16)21(25(36)27(34)37)24(35)22-15(3)33-10-4-5-14(2)26(33)32-22/h4-12,23,35H,1-3H3/b24-21+. The lowest BCUT2D eigenvalue weighted by Gasteiger charge is -2.23. The zero-order chi connectivity index (χ0) is 26.9. The average Bonchev–Trinajstić information content (AvgIpc) is 3.53. The molecule has 1 aliphatic heterocycles. The van der Waals surface area contributed by atoms with E-state index >= 15 is 0 Å². The average molecular weight is 563 g/mol. The number of carbonyl (C=O) groups is 2. The van der Waals surface area contributed by atoms with Gasteiger partial charge in [-0.2, -0.15) is 0 Å². The molecule has 190 valence electrons. The third-order valence-electron chi connectivity index (χ3n) is 6.75. The van der Waals surface area contributed by atoms with E-state index in [9.17, 15) is 14.7 Å². The summed E-state index contributed by atoms with van der Waals surface area (Å²) in [5.41, 5.74) is 4.58. The van der Waals surface area contributed by atoms with E-state index in [1.807, 2.05) is 54.8 Å². The number of Topliss-reactive ketones (excluding diaryl/α,β-unsaturated/α-hetero) is 1.